The fraction of sp³-hybridized carbons (Fsp3) is 0.500. The van der Waals surface area contributed by atoms with Gasteiger partial charge in [0.25, 0.3) is 15.0 Å². The molecule has 0 spiro atoms. The number of thiophene rings is 1. The molecular weight excluding hydrogens is 282 g/mol. The molecule has 17 heavy (non-hydrogen) atoms. The summed E-state index contributed by atoms with van der Waals surface area (Å²) in [6.07, 6.45) is 1.92. The highest BCUT2D eigenvalue weighted by atomic mass is 35.7. The van der Waals surface area contributed by atoms with Crippen LogP contribution in [0.4, 0.5) is 0 Å². The van der Waals surface area contributed by atoms with Crippen LogP contribution in [0.1, 0.15) is 34.3 Å². The second kappa shape index (κ2) is 3.96. The first-order valence-electron chi connectivity index (χ1n) is 5.09. The maximum atomic E-state index is 11.9. The monoisotopic (exact) mass is 293 g/mol. The Kier molecular flexibility index (Phi) is 3.00. The van der Waals surface area contributed by atoms with Gasteiger partial charge in [0, 0.05) is 21.1 Å². The standard InChI is InChI=1S/C10H12ClNO3S2/c1-6-8(17(11,14)15)5-7(16-6)9(13)12-10(2)3-4-10/h5H,3-4H2,1-2H3,(H,12,13). The van der Waals surface area contributed by atoms with Crippen LogP contribution in [0.3, 0.4) is 0 Å². The second-order valence-electron chi connectivity index (χ2n) is 4.48. The third-order valence-corrected chi connectivity index (χ3v) is 5.40. The summed E-state index contributed by atoms with van der Waals surface area (Å²) in [6, 6.07) is 1.34. The van der Waals surface area contributed by atoms with E-state index in [0.29, 0.717) is 9.75 Å². The van der Waals surface area contributed by atoms with Crippen molar-refractivity contribution in [3.8, 4) is 0 Å². The van der Waals surface area contributed by atoms with Gasteiger partial charge in [0.15, 0.2) is 0 Å². The Balaban J connectivity index is 2.26. The Hall–Kier alpha value is -0.590. The maximum Gasteiger partial charge on any atom is 0.262 e. The Morgan fingerprint density at radius 1 is 1.53 bits per heavy atom. The molecule has 1 N–H and O–H groups in total. The van der Waals surface area contributed by atoms with Gasteiger partial charge in [-0.05, 0) is 32.8 Å². The minimum absolute atomic E-state index is 0.0234. The van der Waals surface area contributed by atoms with E-state index in [2.05, 4.69) is 5.32 Å². The number of hydrogen-bond acceptors (Lipinski definition) is 4. The lowest BCUT2D eigenvalue weighted by molar-refractivity contribution is 0.0939. The van der Waals surface area contributed by atoms with E-state index < -0.39 is 9.05 Å². The van der Waals surface area contributed by atoms with E-state index in [9.17, 15) is 13.2 Å². The van der Waals surface area contributed by atoms with Crippen LogP contribution in [0.5, 0.6) is 0 Å². The highest BCUT2D eigenvalue weighted by molar-refractivity contribution is 8.13. The predicted octanol–water partition coefficient (Wildman–Crippen LogP) is 2.27. The van der Waals surface area contributed by atoms with Crippen molar-refractivity contribution < 1.29 is 13.2 Å². The fourth-order valence-corrected chi connectivity index (χ4v) is 4.03. The number of halogens is 1. The third kappa shape index (κ3) is 2.81. The summed E-state index contributed by atoms with van der Waals surface area (Å²) in [5.74, 6) is -0.232. The molecule has 1 aliphatic carbocycles. The van der Waals surface area contributed by atoms with Crippen LogP contribution in [-0.4, -0.2) is 19.9 Å². The molecule has 4 nitrogen and oxygen atoms in total. The van der Waals surface area contributed by atoms with Crippen LogP contribution in [0.15, 0.2) is 11.0 Å². The van der Waals surface area contributed by atoms with Crippen molar-refractivity contribution in [1.82, 2.24) is 5.32 Å². The maximum absolute atomic E-state index is 11.9. The highest BCUT2D eigenvalue weighted by Gasteiger charge is 2.39. The summed E-state index contributed by atoms with van der Waals surface area (Å²) in [5.41, 5.74) is -0.116. The number of amides is 1. The number of carbonyl (C=O) groups is 1. The van der Waals surface area contributed by atoms with Gasteiger partial charge in [-0.1, -0.05) is 0 Å². The summed E-state index contributed by atoms with van der Waals surface area (Å²) < 4.78 is 22.5. The summed E-state index contributed by atoms with van der Waals surface area (Å²) in [6.45, 7) is 3.60. The first-order valence-corrected chi connectivity index (χ1v) is 8.21. The van der Waals surface area contributed by atoms with Gasteiger partial charge in [0.2, 0.25) is 0 Å². The molecule has 0 radical (unpaired) electrons. The minimum atomic E-state index is -3.77. The van der Waals surface area contributed by atoms with Crippen molar-refractivity contribution >= 4 is 37.0 Å². The molecule has 7 heteroatoms. The van der Waals surface area contributed by atoms with Crippen LogP contribution < -0.4 is 5.32 Å². The average molecular weight is 294 g/mol. The van der Waals surface area contributed by atoms with Crippen molar-refractivity contribution in [2.24, 2.45) is 0 Å². The minimum Gasteiger partial charge on any atom is -0.346 e. The van der Waals surface area contributed by atoms with Crippen LogP contribution in [0.25, 0.3) is 0 Å². The molecule has 0 unspecified atom stereocenters. The smallest absolute Gasteiger partial charge is 0.262 e. The zero-order chi connectivity index (χ0) is 12.8. The van der Waals surface area contributed by atoms with Crippen molar-refractivity contribution in [1.29, 1.82) is 0 Å². The Morgan fingerprint density at radius 3 is 2.53 bits per heavy atom. The molecule has 1 aromatic heterocycles. The van der Waals surface area contributed by atoms with Gasteiger partial charge in [-0.25, -0.2) is 8.42 Å². The molecule has 94 valence electrons. The Labute approximate surface area is 108 Å². The van der Waals surface area contributed by atoms with Crippen LogP contribution >= 0.6 is 22.0 Å². The van der Waals surface area contributed by atoms with E-state index >= 15 is 0 Å². The van der Waals surface area contributed by atoms with Crippen molar-refractivity contribution in [3.63, 3.8) is 0 Å². The molecule has 0 aromatic carbocycles. The van der Waals surface area contributed by atoms with Crippen LogP contribution in [-0.2, 0) is 9.05 Å². The van der Waals surface area contributed by atoms with E-state index in [1.54, 1.807) is 6.92 Å². The Morgan fingerprint density at radius 2 is 2.12 bits per heavy atom. The van der Waals surface area contributed by atoms with Gasteiger partial charge in [-0.3, -0.25) is 4.79 Å². The molecule has 0 atom stereocenters. The molecule has 0 aliphatic heterocycles. The molecule has 1 heterocycles. The van der Waals surface area contributed by atoms with Gasteiger partial charge in [0.1, 0.15) is 0 Å². The molecule has 1 amide bonds. The number of aryl methyl sites for hydroxylation is 1. The third-order valence-electron chi connectivity index (χ3n) is 2.77. The lowest BCUT2D eigenvalue weighted by Crippen LogP contribution is -2.33. The molecule has 1 aromatic rings. The fourth-order valence-electron chi connectivity index (χ4n) is 1.47. The van der Waals surface area contributed by atoms with Crippen molar-refractivity contribution in [2.45, 2.75) is 37.1 Å². The lowest BCUT2D eigenvalue weighted by Gasteiger charge is -2.09. The molecule has 1 aliphatic rings. The number of rotatable bonds is 3. The molecule has 0 bridgehead atoms. The molecule has 0 saturated heterocycles. The molecule has 2 rings (SSSR count). The summed E-state index contributed by atoms with van der Waals surface area (Å²) in [4.78, 5) is 12.8. The van der Waals surface area contributed by atoms with Gasteiger partial charge < -0.3 is 5.32 Å². The van der Waals surface area contributed by atoms with Gasteiger partial charge in [-0.15, -0.1) is 11.3 Å². The van der Waals surface area contributed by atoms with E-state index in [1.807, 2.05) is 6.92 Å². The molecule has 1 fully saturated rings. The van der Waals surface area contributed by atoms with Crippen molar-refractivity contribution in [3.05, 3.63) is 15.8 Å². The zero-order valence-corrected chi connectivity index (χ0v) is 11.8. The summed E-state index contributed by atoms with van der Waals surface area (Å²) in [5, 5.41) is 2.87. The first-order chi connectivity index (χ1) is 7.71. The molecular formula is C10H12ClNO3S2. The molecule has 1 saturated carbocycles. The lowest BCUT2D eigenvalue weighted by atomic mass is 10.3. The van der Waals surface area contributed by atoms with E-state index in [-0.39, 0.29) is 16.3 Å². The summed E-state index contributed by atoms with van der Waals surface area (Å²) in [7, 11) is 1.50. The highest BCUT2D eigenvalue weighted by Crippen LogP contribution is 2.35. The normalized spacial score (nSPS) is 17.8. The van der Waals surface area contributed by atoms with E-state index in [1.165, 1.54) is 6.07 Å². The number of hydrogen-bond donors (Lipinski definition) is 1. The first kappa shape index (κ1) is 12.9. The van der Waals surface area contributed by atoms with Crippen LogP contribution in [0, 0.1) is 6.92 Å². The SMILES string of the molecule is Cc1sc(C(=O)NC2(C)CC2)cc1S(=O)(=O)Cl. The van der Waals surface area contributed by atoms with Gasteiger partial charge in [0.05, 0.1) is 9.77 Å². The summed E-state index contributed by atoms with van der Waals surface area (Å²) >= 11 is 1.14. The van der Waals surface area contributed by atoms with Gasteiger partial charge >= 0.3 is 0 Å². The van der Waals surface area contributed by atoms with Crippen molar-refractivity contribution in [2.75, 3.05) is 0 Å². The quantitative estimate of drug-likeness (QED) is 0.870. The Bertz CT molecular complexity index is 572. The second-order valence-corrected chi connectivity index (χ2v) is 8.27. The number of carbonyl (C=O) groups excluding carboxylic acids is 1. The van der Waals surface area contributed by atoms with Crippen LogP contribution in [0.2, 0.25) is 0 Å². The predicted molar refractivity (Wildman–Crippen MR) is 67.2 cm³/mol. The zero-order valence-electron chi connectivity index (χ0n) is 9.41. The largest absolute Gasteiger partial charge is 0.346 e. The topological polar surface area (TPSA) is 63.2 Å². The van der Waals surface area contributed by atoms with E-state index in [4.69, 9.17) is 10.7 Å². The average Bonchev–Trinajstić information content (AvgIpc) is 2.75. The van der Waals surface area contributed by atoms with Gasteiger partial charge in [-0.2, -0.15) is 0 Å². The van der Waals surface area contributed by atoms with E-state index in [0.717, 1.165) is 24.2 Å². The number of nitrogens with one attached hydrogen (secondary N) is 1.